The molecule has 0 aliphatic rings. The average molecular weight is 533 g/mol. The normalized spacial score (nSPS) is 10.9. The molecule has 2 heterocycles. The molecule has 0 spiro atoms. The second-order valence-electron chi connectivity index (χ2n) is 8.18. The zero-order chi connectivity index (χ0) is 26.8. The number of carbonyl (C=O) groups is 1. The number of carbonyl (C=O) groups excluding carboxylic acids is 1. The van der Waals surface area contributed by atoms with E-state index < -0.39 is 23.2 Å². The van der Waals surface area contributed by atoms with Crippen LogP contribution in [0, 0.1) is 11.6 Å². The molecule has 5 rings (SSSR count). The van der Waals surface area contributed by atoms with E-state index in [1.807, 2.05) is 0 Å². The molecule has 0 unspecified atom stereocenters. The molecule has 3 aromatic carbocycles. The second-order valence-corrected chi connectivity index (χ2v) is 8.59. The molecule has 0 fully saturated rings. The van der Waals surface area contributed by atoms with E-state index in [1.165, 1.54) is 39.6 Å². The molecule has 0 saturated carbocycles. The molecular formula is C28H19ClF2N4O3. The van der Waals surface area contributed by atoms with Crippen molar-refractivity contribution in [2.75, 3.05) is 5.32 Å². The van der Waals surface area contributed by atoms with E-state index >= 15 is 4.39 Å². The van der Waals surface area contributed by atoms with Crippen molar-refractivity contribution < 1.29 is 18.3 Å². The number of hydrogen-bond donors (Lipinski definition) is 1. The van der Waals surface area contributed by atoms with Gasteiger partial charge in [0, 0.05) is 23.5 Å². The zero-order valence-electron chi connectivity index (χ0n) is 19.7. The molecule has 5 aromatic rings. The van der Waals surface area contributed by atoms with Gasteiger partial charge in [0.15, 0.2) is 11.6 Å². The number of fused-ring (bicyclic) bond motifs is 1. The fourth-order valence-corrected chi connectivity index (χ4v) is 4.22. The third-order valence-electron chi connectivity index (χ3n) is 5.79. The molecular weight excluding hydrogens is 514 g/mol. The van der Waals surface area contributed by atoms with Crippen LogP contribution in [0.5, 0.6) is 5.75 Å². The molecule has 7 nitrogen and oxygen atoms in total. The Labute approximate surface area is 220 Å². The van der Waals surface area contributed by atoms with Gasteiger partial charge < -0.3 is 10.1 Å². The van der Waals surface area contributed by atoms with Gasteiger partial charge in [-0.15, -0.1) is 0 Å². The SMILES string of the molecule is C=CC(=O)Nc1cccc(-n2c(=O)n(-c3ccc(OCc4cccc(Cl)c4F)c(F)c3)c3cnccc32)c1. The van der Waals surface area contributed by atoms with E-state index in [2.05, 4.69) is 16.9 Å². The first-order valence-electron chi connectivity index (χ1n) is 11.3. The summed E-state index contributed by atoms with van der Waals surface area (Å²) in [5.74, 6) is -1.88. The van der Waals surface area contributed by atoms with Crippen LogP contribution in [0.2, 0.25) is 5.02 Å². The van der Waals surface area contributed by atoms with E-state index in [-0.39, 0.29) is 28.6 Å². The minimum absolute atomic E-state index is 0.0556. The van der Waals surface area contributed by atoms with Crippen molar-refractivity contribution in [1.29, 1.82) is 0 Å². The fraction of sp³-hybridized carbons (Fsp3) is 0.0357. The van der Waals surface area contributed by atoms with Crippen molar-refractivity contribution in [3.05, 3.63) is 124 Å². The lowest BCUT2D eigenvalue weighted by molar-refractivity contribution is -0.111. The molecule has 38 heavy (non-hydrogen) atoms. The number of halogens is 3. The number of imidazole rings is 1. The van der Waals surface area contributed by atoms with Crippen molar-refractivity contribution in [3.8, 4) is 17.1 Å². The molecule has 1 amide bonds. The number of nitrogens with one attached hydrogen (secondary N) is 1. The van der Waals surface area contributed by atoms with E-state index in [0.717, 1.165) is 12.1 Å². The minimum Gasteiger partial charge on any atom is -0.486 e. The van der Waals surface area contributed by atoms with Gasteiger partial charge in [-0.2, -0.15) is 0 Å². The monoisotopic (exact) mass is 532 g/mol. The zero-order valence-corrected chi connectivity index (χ0v) is 20.5. The number of hydrogen-bond acceptors (Lipinski definition) is 4. The first kappa shape index (κ1) is 24.9. The summed E-state index contributed by atoms with van der Waals surface area (Å²) in [5.41, 5.74) is 1.85. The lowest BCUT2D eigenvalue weighted by atomic mass is 10.2. The number of nitrogens with zero attached hydrogens (tertiary/aromatic N) is 3. The van der Waals surface area contributed by atoms with Crippen LogP contribution in [0.4, 0.5) is 14.5 Å². The van der Waals surface area contributed by atoms with Gasteiger partial charge in [-0.3, -0.25) is 18.9 Å². The van der Waals surface area contributed by atoms with Gasteiger partial charge in [0.05, 0.1) is 33.6 Å². The summed E-state index contributed by atoms with van der Waals surface area (Å²) < 4.78 is 37.4. The van der Waals surface area contributed by atoms with E-state index in [1.54, 1.807) is 42.6 Å². The number of pyridine rings is 1. The molecule has 10 heteroatoms. The number of ether oxygens (including phenoxy) is 1. The largest absolute Gasteiger partial charge is 0.486 e. The Balaban J connectivity index is 1.53. The number of amides is 1. The lowest BCUT2D eigenvalue weighted by Crippen LogP contribution is -2.22. The number of benzene rings is 3. The van der Waals surface area contributed by atoms with E-state index in [4.69, 9.17) is 16.3 Å². The Morgan fingerprint density at radius 3 is 2.58 bits per heavy atom. The summed E-state index contributed by atoms with van der Waals surface area (Å²) >= 11 is 5.80. The van der Waals surface area contributed by atoms with Gasteiger partial charge in [-0.1, -0.05) is 36.4 Å². The highest BCUT2D eigenvalue weighted by Gasteiger charge is 2.18. The number of aromatic nitrogens is 3. The van der Waals surface area contributed by atoms with Crippen LogP contribution in [0.1, 0.15) is 5.56 Å². The molecule has 2 aromatic heterocycles. The highest BCUT2D eigenvalue weighted by Crippen LogP contribution is 2.26. The first-order chi connectivity index (χ1) is 18.4. The third-order valence-corrected chi connectivity index (χ3v) is 6.08. The summed E-state index contributed by atoms with van der Waals surface area (Å²) in [5, 5.41) is 2.61. The first-order valence-corrected chi connectivity index (χ1v) is 11.7. The number of rotatable bonds is 7. The Hall–Kier alpha value is -4.76. The van der Waals surface area contributed by atoms with Crippen LogP contribution < -0.4 is 15.7 Å². The average Bonchev–Trinajstić information content (AvgIpc) is 3.21. The predicted octanol–water partition coefficient (Wildman–Crippen LogP) is 5.81. The van der Waals surface area contributed by atoms with Crippen molar-refractivity contribution >= 4 is 34.2 Å². The quantitative estimate of drug-likeness (QED) is 0.268. The standard InChI is InChI=1S/C28H19ClF2N4O3/c1-2-26(36)33-18-6-4-7-19(13-18)34-23-11-12-32-15-24(23)35(28(34)37)20-9-10-25(22(30)14-20)38-16-17-5-3-8-21(29)27(17)31/h2-15H,1,16H2,(H,33,36). The summed E-state index contributed by atoms with van der Waals surface area (Å²) in [7, 11) is 0. The molecule has 0 aliphatic carbocycles. The van der Waals surface area contributed by atoms with Gasteiger partial charge in [0.2, 0.25) is 5.91 Å². The van der Waals surface area contributed by atoms with Crippen molar-refractivity contribution in [3.63, 3.8) is 0 Å². The van der Waals surface area contributed by atoms with Gasteiger partial charge in [0.1, 0.15) is 12.4 Å². The molecule has 190 valence electrons. The van der Waals surface area contributed by atoms with Crippen LogP contribution in [0.25, 0.3) is 22.4 Å². The summed E-state index contributed by atoms with van der Waals surface area (Å²) in [6.07, 6.45) is 4.18. The molecule has 1 N–H and O–H groups in total. The van der Waals surface area contributed by atoms with E-state index in [0.29, 0.717) is 22.4 Å². The molecule has 0 aliphatic heterocycles. The lowest BCUT2D eigenvalue weighted by Gasteiger charge is -2.10. The topological polar surface area (TPSA) is 78.2 Å². The summed E-state index contributed by atoms with van der Waals surface area (Å²) in [6.45, 7) is 3.21. The summed E-state index contributed by atoms with van der Waals surface area (Å²) in [4.78, 5) is 29.5. The van der Waals surface area contributed by atoms with Crippen molar-refractivity contribution in [2.24, 2.45) is 0 Å². The second kappa shape index (κ2) is 10.3. The van der Waals surface area contributed by atoms with Crippen LogP contribution in [-0.2, 0) is 11.4 Å². The van der Waals surface area contributed by atoms with Crippen molar-refractivity contribution in [2.45, 2.75) is 6.61 Å². The molecule has 0 atom stereocenters. The van der Waals surface area contributed by atoms with Crippen LogP contribution in [0.15, 0.2) is 96.6 Å². The van der Waals surface area contributed by atoms with Gasteiger partial charge in [-0.05, 0) is 48.5 Å². The van der Waals surface area contributed by atoms with Gasteiger partial charge in [0.25, 0.3) is 0 Å². The van der Waals surface area contributed by atoms with Crippen LogP contribution in [-0.4, -0.2) is 20.0 Å². The molecule has 0 bridgehead atoms. The van der Waals surface area contributed by atoms with Crippen LogP contribution in [0.3, 0.4) is 0 Å². The Morgan fingerprint density at radius 1 is 1.03 bits per heavy atom. The van der Waals surface area contributed by atoms with Crippen molar-refractivity contribution in [1.82, 2.24) is 14.1 Å². The smallest absolute Gasteiger partial charge is 0.338 e. The molecule has 0 saturated heterocycles. The Bertz CT molecular complexity index is 1760. The van der Waals surface area contributed by atoms with Gasteiger partial charge >= 0.3 is 5.69 Å². The Kier molecular flexibility index (Phi) is 6.76. The minimum atomic E-state index is -0.740. The highest BCUT2D eigenvalue weighted by molar-refractivity contribution is 6.30. The number of anilines is 1. The predicted molar refractivity (Wildman–Crippen MR) is 141 cm³/mol. The highest BCUT2D eigenvalue weighted by atomic mass is 35.5. The third kappa shape index (κ3) is 4.67. The maximum absolute atomic E-state index is 15.1. The fourth-order valence-electron chi connectivity index (χ4n) is 4.02. The molecule has 0 radical (unpaired) electrons. The van der Waals surface area contributed by atoms with Gasteiger partial charge in [-0.25, -0.2) is 13.6 Å². The van der Waals surface area contributed by atoms with Crippen LogP contribution >= 0.6 is 11.6 Å². The summed E-state index contributed by atoms with van der Waals surface area (Å²) in [6, 6.07) is 16.9. The maximum atomic E-state index is 15.1. The maximum Gasteiger partial charge on any atom is 0.338 e. The van der Waals surface area contributed by atoms with E-state index in [9.17, 15) is 14.0 Å². The Morgan fingerprint density at radius 2 is 1.79 bits per heavy atom.